The van der Waals surface area contributed by atoms with Gasteiger partial charge in [-0.05, 0) is 18.1 Å². The van der Waals surface area contributed by atoms with Gasteiger partial charge in [0.1, 0.15) is 0 Å². The van der Waals surface area contributed by atoms with Gasteiger partial charge in [0.25, 0.3) is 0 Å². The maximum absolute atomic E-state index is 10.9. The summed E-state index contributed by atoms with van der Waals surface area (Å²) < 4.78 is 5.13. The van der Waals surface area contributed by atoms with Crippen LogP contribution in [0.5, 0.6) is 5.75 Å². The number of carboxylic acids is 1. The molecule has 1 rings (SSSR count). The maximum atomic E-state index is 10.9. The normalized spacial score (nSPS) is 11.9. The fourth-order valence-corrected chi connectivity index (χ4v) is 1.39. The predicted octanol–water partition coefficient (Wildman–Crippen LogP) is 1.30. The molecule has 18 heavy (non-hydrogen) atoms. The van der Waals surface area contributed by atoms with Gasteiger partial charge in [0.2, 0.25) is 0 Å². The molecule has 0 bridgehead atoms. The molecule has 0 radical (unpaired) electrons. The zero-order valence-electron chi connectivity index (χ0n) is 9.83. The Hall–Kier alpha value is -2.15. The second-order valence-electron chi connectivity index (χ2n) is 3.62. The summed E-state index contributed by atoms with van der Waals surface area (Å²) in [5.41, 5.74) is 5.69. The number of nitrogens with zero attached hydrogens (tertiary/aromatic N) is 1. The lowest BCUT2D eigenvalue weighted by molar-refractivity contribution is -0.386. The highest BCUT2D eigenvalue weighted by Crippen LogP contribution is 2.29. The van der Waals surface area contributed by atoms with E-state index in [0.717, 1.165) is 0 Å². The molecule has 1 atom stereocenters. The number of carboxylic acid groups (broad SMARTS) is 1. The summed E-state index contributed by atoms with van der Waals surface area (Å²) in [6.07, 6.45) is -0.891. The summed E-state index contributed by atoms with van der Waals surface area (Å²) in [6, 6.07) is 4.22. The van der Waals surface area contributed by atoms with Crippen molar-refractivity contribution < 1.29 is 19.6 Å². The van der Waals surface area contributed by atoms with Crippen molar-refractivity contribution in [1.29, 1.82) is 0 Å². The minimum absolute atomic E-state index is 0.0635. The first-order valence-corrected chi connectivity index (χ1v) is 5.36. The maximum Gasteiger partial charge on any atom is 0.344 e. The van der Waals surface area contributed by atoms with Crippen LogP contribution in [0.25, 0.3) is 0 Å². The SMILES string of the molecule is CCC(Oc1ccc(CN)cc1[N+](=O)[O-])C(=O)O. The van der Waals surface area contributed by atoms with Crippen molar-refractivity contribution >= 4 is 11.7 Å². The molecule has 0 amide bonds. The summed E-state index contributed by atoms with van der Waals surface area (Å²) in [7, 11) is 0. The third kappa shape index (κ3) is 3.17. The fourth-order valence-electron chi connectivity index (χ4n) is 1.39. The molecule has 0 saturated carbocycles. The Kier molecular flexibility index (Phi) is 4.61. The second-order valence-corrected chi connectivity index (χ2v) is 3.62. The van der Waals surface area contributed by atoms with Gasteiger partial charge < -0.3 is 15.6 Å². The molecular formula is C11H14N2O5. The molecule has 3 N–H and O–H groups in total. The van der Waals surface area contributed by atoms with Crippen molar-refractivity contribution in [2.24, 2.45) is 5.73 Å². The van der Waals surface area contributed by atoms with Crippen LogP contribution in [0, 0.1) is 10.1 Å². The Morgan fingerprint density at radius 3 is 2.72 bits per heavy atom. The summed E-state index contributed by atoms with van der Waals surface area (Å²) >= 11 is 0. The Labute approximate surface area is 103 Å². The van der Waals surface area contributed by atoms with Gasteiger partial charge in [-0.2, -0.15) is 0 Å². The number of nitro benzene ring substituents is 1. The predicted molar refractivity (Wildman–Crippen MR) is 63.3 cm³/mol. The number of hydrogen-bond donors (Lipinski definition) is 2. The molecule has 1 aromatic rings. The summed E-state index contributed by atoms with van der Waals surface area (Å²) in [5.74, 6) is -1.22. The number of rotatable bonds is 6. The third-order valence-electron chi connectivity index (χ3n) is 2.37. The van der Waals surface area contributed by atoms with Gasteiger partial charge >= 0.3 is 11.7 Å². The molecule has 98 valence electrons. The lowest BCUT2D eigenvalue weighted by Crippen LogP contribution is -2.26. The highest BCUT2D eigenvalue weighted by Gasteiger charge is 2.22. The zero-order chi connectivity index (χ0) is 13.7. The Bertz CT molecular complexity index is 461. The van der Waals surface area contributed by atoms with Crippen LogP contribution in [0.15, 0.2) is 18.2 Å². The number of ether oxygens (including phenoxy) is 1. The molecule has 7 nitrogen and oxygen atoms in total. The van der Waals surface area contributed by atoms with E-state index in [1.54, 1.807) is 13.0 Å². The number of benzene rings is 1. The van der Waals surface area contributed by atoms with E-state index >= 15 is 0 Å². The summed E-state index contributed by atoms with van der Waals surface area (Å²) in [5, 5.41) is 19.7. The molecule has 1 aromatic carbocycles. The number of aliphatic carboxylic acids is 1. The summed E-state index contributed by atoms with van der Waals surface area (Å²) in [6.45, 7) is 1.79. The number of nitro groups is 1. The molecule has 1 unspecified atom stereocenters. The van der Waals surface area contributed by atoms with Crippen LogP contribution in [0.4, 0.5) is 5.69 Å². The van der Waals surface area contributed by atoms with Gasteiger partial charge in [-0.1, -0.05) is 13.0 Å². The van der Waals surface area contributed by atoms with E-state index in [4.69, 9.17) is 15.6 Å². The van der Waals surface area contributed by atoms with Gasteiger partial charge in [-0.25, -0.2) is 4.79 Å². The van der Waals surface area contributed by atoms with Crippen LogP contribution < -0.4 is 10.5 Å². The molecule has 0 spiro atoms. The largest absolute Gasteiger partial charge is 0.479 e. The van der Waals surface area contributed by atoms with E-state index in [1.807, 2.05) is 0 Å². The molecule has 7 heteroatoms. The zero-order valence-corrected chi connectivity index (χ0v) is 9.83. The van der Waals surface area contributed by atoms with Crippen molar-refractivity contribution in [3.63, 3.8) is 0 Å². The lowest BCUT2D eigenvalue weighted by atomic mass is 10.2. The molecule has 0 aliphatic heterocycles. The van der Waals surface area contributed by atoms with Crippen LogP contribution in [0.2, 0.25) is 0 Å². The van der Waals surface area contributed by atoms with Crippen LogP contribution in [-0.4, -0.2) is 22.1 Å². The van der Waals surface area contributed by atoms with Crippen LogP contribution in [0.3, 0.4) is 0 Å². The molecule has 0 saturated heterocycles. The van der Waals surface area contributed by atoms with Crippen molar-refractivity contribution in [2.45, 2.75) is 26.0 Å². The smallest absolute Gasteiger partial charge is 0.344 e. The van der Waals surface area contributed by atoms with Gasteiger partial charge in [0, 0.05) is 12.6 Å². The highest BCUT2D eigenvalue weighted by atomic mass is 16.6. The molecule has 0 heterocycles. The van der Waals surface area contributed by atoms with Crippen molar-refractivity contribution in [3.05, 3.63) is 33.9 Å². The Morgan fingerprint density at radius 1 is 1.61 bits per heavy atom. The van der Waals surface area contributed by atoms with Crippen LogP contribution in [-0.2, 0) is 11.3 Å². The minimum Gasteiger partial charge on any atom is -0.479 e. The first kappa shape index (κ1) is 13.9. The van der Waals surface area contributed by atoms with E-state index in [-0.39, 0.29) is 24.4 Å². The molecule has 0 aliphatic rings. The number of nitrogens with two attached hydrogens (primary N) is 1. The van der Waals surface area contributed by atoms with E-state index in [0.29, 0.717) is 5.56 Å². The first-order chi connectivity index (χ1) is 8.49. The molecule has 0 aliphatic carbocycles. The Morgan fingerprint density at radius 2 is 2.28 bits per heavy atom. The average molecular weight is 254 g/mol. The Balaban J connectivity index is 3.08. The molecular weight excluding hydrogens is 240 g/mol. The minimum atomic E-state index is -1.16. The lowest BCUT2D eigenvalue weighted by Gasteiger charge is -2.13. The second kappa shape index (κ2) is 5.97. The van der Waals surface area contributed by atoms with Crippen LogP contribution >= 0.6 is 0 Å². The summed E-state index contributed by atoms with van der Waals surface area (Å²) in [4.78, 5) is 21.1. The van der Waals surface area contributed by atoms with E-state index in [9.17, 15) is 14.9 Å². The highest BCUT2D eigenvalue weighted by molar-refractivity contribution is 5.73. The molecule has 0 fully saturated rings. The topological polar surface area (TPSA) is 116 Å². The van der Waals surface area contributed by atoms with Gasteiger partial charge in [0.05, 0.1) is 4.92 Å². The van der Waals surface area contributed by atoms with Gasteiger partial charge in [0.15, 0.2) is 11.9 Å². The van der Waals surface area contributed by atoms with E-state index in [2.05, 4.69) is 0 Å². The van der Waals surface area contributed by atoms with Crippen molar-refractivity contribution in [1.82, 2.24) is 0 Å². The van der Waals surface area contributed by atoms with E-state index in [1.165, 1.54) is 12.1 Å². The molecule has 0 aromatic heterocycles. The van der Waals surface area contributed by atoms with Crippen LogP contribution in [0.1, 0.15) is 18.9 Å². The van der Waals surface area contributed by atoms with E-state index < -0.39 is 17.0 Å². The standard InChI is InChI=1S/C11H14N2O5/c1-2-9(11(14)15)18-10-4-3-7(6-12)5-8(10)13(16)17/h3-5,9H,2,6,12H2,1H3,(H,14,15). The monoisotopic (exact) mass is 254 g/mol. The third-order valence-corrected chi connectivity index (χ3v) is 2.37. The quantitative estimate of drug-likeness (QED) is 0.583. The average Bonchev–Trinajstić information content (AvgIpc) is 2.35. The van der Waals surface area contributed by atoms with Crippen molar-refractivity contribution in [2.75, 3.05) is 0 Å². The first-order valence-electron chi connectivity index (χ1n) is 5.36. The van der Waals surface area contributed by atoms with Gasteiger partial charge in [-0.15, -0.1) is 0 Å². The number of carbonyl (C=O) groups is 1. The number of hydrogen-bond acceptors (Lipinski definition) is 5. The van der Waals surface area contributed by atoms with Gasteiger partial charge in [-0.3, -0.25) is 10.1 Å². The fraction of sp³-hybridized carbons (Fsp3) is 0.364. The van der Waals surface area contributed by atoms with Crippen molar-refractivity contribution in [3.8, 4) is 5.75 Å².